The first kappa shape index (κ1) is 15.3. The number of hydrogen-bond donors (Lipinski definition) is 2. The van der Waals surface area contributed by atoms with E-state index in [-0.39, 0.29) is 5.91 Å². The molecular weight excluding hydrogens is 310 g/mol. The molecule has 0 bridgehead atoms. The summed E-state index contributed by atoms with van der Waals surface area (Å²) in [5.74, 6) is -0.113. The lowest BCUT2D eigenvalue weighted by molar-refractivity contribution is 0.0954. The second kappa shape index (κ2) is 7.11. The van der Waals surface area contributed by atoms with Crippen molar-refractivity contribution in [3.63, 3.8) is 0 Å². The number of nitrogens with zero attached hydrogens (tertiary/aromatic N) is 1. The second-order valence-corrected chi connectivity index (χ2v) is 5.55. The van der Waals surface area contributed by atoms with Gasteiger partial charge in [0.05, 0.1) is 6.33 Å². The van der Waals surface area contributed by atoms with Crippen LogP contribution in [0.1, 0.15) is 16.1 Å². The summed E-state index contributed by atoms with van der Waals surface area (Å²) in [6.45, 7) is 0.546. The van der Waals surface area contributed by atoms with Crippen LogP contribution in [0.25, 0.3) is 11.1 Å². The highest BCUT2D eigenvalue weighted by atomic mass is 35.5. The molecule has 2 aromatic carbocycles. The Labute approximate surface area is 139 Å². The van der Waals surface area contributed by atoms with Crippen LogP contribution in [0.15, 0.2) is 61.1 Å². The molecule has 3 rings (SSSR count). The summed E-state index contributed by atoms with van der Waals surface area (Å²) in [5.41, 5.74) is 3.43. The summed E-state index contributed by atoms with van der Waals surface area (Å²) in [6.07, 6.45) is 4.09. The predicted molar refractivity (Wildman–Crippen MR) is 91.5 cm³/mol. The third-order valence-electron chi connectivity index (χ3n) is 3.55. The number of H-pyrrole nitrogens is 1. The topological polar surface area (TPSA) is 57.8 Å². The zero-order valence-electron chi connectivity index (χ0n) is 12.4. The Morgan fingerprint density at radius 2 is 2.00 bits per heavy atom. The summed E-state index contributed by atoms with van der Waals surface area (Å²) < 4.78 is 0. The van der Waals surface area contributed by atoms with E-state index in [1.807, 2.05) is 36.4 Å². The lowest BCUT2D eigenvalue weighted by Gasteiger charge is -2.09. The van der Waals surface area contributed by atoms with E-state index in [4.69, 9.17) is 11.6 Å². The molecule has 0 radical (unpaired) electrons. The number of halogens is 1. The number of aromatic nitrogens is 2. The van der Waals surface area contributed by atoms with Crippen molar-refractivity contribution in [3.8, 4) is 11.1 Å². The van der Waals surface area contributed by atoms with Crippen LogP contribution in [0, 0.1) is 0 Å². The van der Waals surface area contributed by atoms with Gasteiger partial charge in [0.25, 0.3) is 5.91 Å². The number of amides is 1. The molecule has 2 N–H and O–H groups in total. The van der Waals surface area contributed by atoms with Crippen LogP contribution in [0.2, 0.25) is 5.02 Å². The molecule has 0 aliphatic carbocycles. The average molecular weight is 326 g/mol. The SMILES string of the molecule is O=C(NCCc1cnc[nH]1)c1ccc(Cl)c(-c2ccccc2)c1. The molecule has 1 heterocycles. The van der Waals surface area contributed by atoms with E-state index >= 15 is 0 Å². The fourth-order valence-corrected chi connectivity index (χ4v) is 2.57. The van der Waals surface area contributed by atoms with Crippen molar-refractivity contribution in [3.05, 3.63) is 77.3 Å². The monoisotopic (exact) mass is 325 g/mol. The van der Waals surface area contributed by atoms with E-state index in [0.29, 0.717) is 23.6 Å². The van der Waals surface area contributed by atoms with Crippen molar-refractivity contribution in [2.75, 3.05) is 6.54 Å². The van der Waals surface area contributed by atoms with Crippen molar-refractivity contribution in [1.29, 1.82) is 0 Å². The highest BCUT2D eigenvalue weighted by molar-refractivity contribution is 6.33. The second-order valence-electron chi connectivity index (χ2n) is 5.14. The molecule has 1 amide bonds. The number of imidazole rings is 1. The number of rotatable bonds is 5. The Morgan fingerprint density at radius 1 is 1.17 bits per heavy atom. The van der Waals surface area contributed by atoms with Crippen LogP contribution in [-0.2, 0) is 6.42 Å². The Hall–Kier alpha value is -2.59. The lowest BCUT2D eigenvalue weighted by Crippen LogP contribution is -2.25. The minimum atomic E-state index is -0.113. The van der Waals surface area contributed by atoms with Gasteiger partial charge in [0.1, 0.15) is 0 Å². The molecule has 5 heteroatoms. The molecular formula is C18H16ClN3O. The minimum absolute atomic E-state index is 0.113. The van der Waals surface area contributed by atoms with Gasteiger partial charge < -0.3 is 10.3 Å². The smallest absolute Gasteiger partial charge is 0.251 e. The molecule has 1 aromatic heterocycles. The number of hydrogen-bond acceptors (Lipinski definition) is 2. The van der Waals surface area contributed by atoms with Crippen molar-refractivity contribution in [2.45, 2.75) is 6.42 Å². The highest BCUT2D eigenvalue weighted by Crippen LogP contribution is 2.28. The minimum Gasteiger partial charge on any atom is -0.352 e. The third kappa shape index (κ3) is 3.79. The number of aromatic amines is 1. The molecule has 23 heavy (non-hydrogen) atoms. The molecule has 0 saturated heterocycles. The largest absolute Gasteiger partial charge is 0.352 e. The van der Waals surface area contributed by atoms with E-state index < -0.39 is 0 Å². The van der Waals surface area contributed by atoms with Crippen LogP contribution < -0.4 is 5.32 Å². The van der Waals surface area contributed by atoms with Crippen molar-refractivity contribution in [1.82, 2.24) is 15.3 Å². The standard InChI is InChI=1S/C18H16ClN3O/c19-17-7-6-14(10-16(17)13-4-2-1-3-5-13)18(23)21-9-8-15-11-20-12-22-15/h1-7,10-12H,8-9H2,(H,20,22)(H,21,23). The first-order valence-corrected chi connectivity index (χ1v) is 7.72. The van der Waals surface area contributed by atoms with Crippen LogP contribution in [0.4, 0.5) is 0 Å². The maximum atomic E-state index is 12.3. The van der Waals surface area contributed by atoms with E-state index in [1.165, 1.54) is 0 Å². The van der Waals surface area contributed by atoms with Gasteiger partial charge in [-0.25, -0.2) is 4.98 Å². The summed E-state index contributed by atoms with van der Waals surface area (Å²) >= 11 is 6.26. The highest BCUT2D eigenvalue weighted by Gasteiger charge is 2.10. The Balaban J connectivity index is 1.71. The lowest BCUT2D eigenvalue weighted by atomic mass is 10.0. The average Bonchev–Trinajstić information content (AvgIpc) is 3.09. The molecule has 3 aromatic rings. The number of nitrogens with one attached hydrogen (secondary N) is 2. The van der Waals surface area contributed by atoms with Crippen molar-refractivity contribution < 1.29 is 4.79 Å². The van der Waals surface area contributed by atoms with Gasteiger partial charge in [-0.15, -0.1) is 0 Å². The Kier molecular flexibility index (Phi) is 4.74. The third-order valence-corrected chi connectivity index (χ3v) is 3.88. The molecule has 0 aliphatic rings. The number of carbonyl (C=O) groups excluding carboxylic acids is 1. The molecule has 116 valence electrons. The van der Waals surface area contributed by atoms with Crippen molar-refractivity contribution >= 4 is 17.5 Å². The molecule has 0 aliphatic heterocycles. The molecule has 4 nitrogen and oxygen atoms in total. The predicted octanol–water partition coefficient (Wildman–Crippen LogP) is 3.70. The normalized spacial score (nSPS) is 10.5. The van der Waals surface area contributed by atoms with Gasteiger partial charge in [0.15, 0.2) is 0 Å². The van der Waals surface area contributed by atoms with E-state index in [9.17, 15) is 4.79 Å². The van der Waals surface area contributed by atoms with Crippen LogP contribution >= 0.6 is 11.6 Å². The first-order valence-electron chi connectivity index (χ1n) is 7.34. The van der Waals surface area contributed by atoms with E-state index in [1.54, 1.807) is 24.7 Å². The molecule has 0 saturated carbocycles. The number of benzene rings is 2. The maximum Gasteiger partial charge on any atom is 0.251 e. The summed E-state index contributed by atoms with van der Waals surface area (Å²) in [4.78, 5) is 19.2. The van der Waals surface area contributed by atoms with E-state index in [2.05, 4.69) is 15.3 Å². The summed E-state index contributed by atoms with van der Waals surface area (Å²) in [6, 6.07) is 15.1. The van der Waals surface area contributed by atoms with Crippen LogP contribution in [0.3, 0.4) is 0 Å². The van der Waals surface area contributed by atoms with Gasteiger partial charge >= 0.3 is 0 Å². The molecule has 0 unspecified atom stereocenters. The zero-order chi connectivity index (χ0) is 16.1. The van der Waals surface area contributed by atoms with Gasteiger partial charge in [-0.05, 0) is 23.8 Å². The zero-order valence-corrected chi connectivity index (χ0v) is 13.2. The summed E-state index contributed by atoms with van der Waals surface area (Å²) in [5, 5.41) is 3.54. The fraction of sp³-hybridized carbons (Fsp3) is 0.111. The molecule has 0 atom stereocenters. The van der Waals surface area contributed by atoms with Crippen LogP contribution in [0.5, 0.6) is 0 Å². The molecule has 0 fully saturated rings. The van der Waals surface area contributed by atoms with Gasteiger partial charge in [0, 0.05) is 41.0 Å². The van der Waals surface area contributed by atoms with Gasteiger partial charge in [-0.2, -0.15) is 0 Å². The maximum absolute atomic E-state index is 12.3. The van der Waals surface area contributed by atoms with Gasteiger partial charge in [-0.3, -0.25) is 4.79 Å². The molecule has 0 spiro atoms. The van der Waals surface area contributed by atoms with Crippen LogP contribution in [-0.4, -0.2) is 22.4 Å². The van der Waals surface area contributed by atoms with Crippen molar-refractivity contribution in [2.24, 2.45) is 0 Å². The first-order chi connectivity index (χ1) is 11.2. The fourth-order valence-electron chi connectivity index (χ4n) is 2.34. The number of carbonyl (C=O) groups is 1. The van der Waals surface area contributed by atoms with E-state index in [0.717, 1.165) is 16.8 Å². The summed E-state index contributed by atoms with van der Waals surface area (Å²) in [7, 11) is 0. The van der Waals surface area contributed by atoms with Gasteiger partial charge in [-0.1, -0.05) is 41.9 Å². The Bertz CT molecular complexity index is 785. The Morgan fingerprint density at radius 3 is 2.74 bits per heavy atom. The van der Waals surface area contributed by atoms with Gasteiger partial charge in [0.2, 0.25) is 0 Å². The quantitative estimate of drug-likeness (QED) is 0.751.